The molecular formula is C29H26ClF2N3O3S. The van der Waals surface area contributed by atoms with Crippen LogP contribution in [0, 0.1) is 0 Å². The first-order chi connectivity index (χ1) is 18.7. The minimum Gasteiger partial charge on any atom is -0.454 e. The summed E-state index contributed by atoms with van der Waals surface area (Å²) in [5.41, 5.74) is 2.95. The number of hydrogen-bond acceptors (Lipinski definition) is 6. The van der Waals surface area contributed by atoms with Crippen LogP contribution in [0.1, 0.15) is 44.7 Å². The van der Waals surface area contributed by atoms with Crippen LogP contribution in [0.3, 0.4) is 0 Å². The number of aromatic nitrogens is 1. The molecule has 0 radical (unpaired) electrons. The van der Waals surface area contributed by atoms with Crippen LogP contribution >= 0.6 is 22.9 Å². The van der Waals surface area contributed by atoms with Crippen molar-refractivity contribution in [2.45, 2.75) is 39.0 Å². The maximum Gasteiger partial charge on any atom is 0.271 e. The fourth-order valence-corrected chi connectivity index (χ4v) is 5.16. The zero-order chi connectivity index (χ0) is 27.4. The normalized spacial score (nSPS) is 12.6. The van der Waals surface area contributed by atoms with Crippen molar-refractivity contribution in [3.05, 3.63) is 110 Å². The van der Waals surface area contributed by atoms with Gasteiger partial charge in [0.1, 0.15) is 10.7 Å². The van der Waals surface area contributed by atoms with E-state index in [-0.39, 0.29) is 24.8 Å². The van der Waals surface area contributed by atoms with E-state index >= 15 is 0 Å². The maximum absolute atomic E-state index is 13.6. The number of alkyl halides is 2. The van der Waals surface area contributed by atoms with E-state index in [1.807, 2.05) is 42.5 Å². The van der Waals surface area contributed by atoms with Gasteiger partial charge in [-0.1, -0.05) is 48.0 Å². The van der Waals surface area contributed by atoms with Crippen LogP contribution in [0.25, 0.3) is 0 Å². The van der Waals surface area contributed by atoms with E-state index in [1.165, 1.54) is 23.5 Å². The monoisotopic (exact) mass is 569 g/mol. The van der Waals surface area contributed by atoms with Crippen molar-refractivity contribution in [2.75, 3.05) is 6.79 Å². The SMILES string of the molecule is CC(F)(F)c1cccc(CNC(=O)c2csc(CN(Cc3ccc(Cl)cc3)Cc3ccc4c(c3)OCO4)n2)c1. The van der Waals surface area contributed by atoms with E-state index in [1.54, 1.807) is 17.5 Å². The number of carbonyl (C=O) groups is 1. The van der Waals surface area contributed by atoms with Gasteiger partial charge < -0.3 is 14.8 Å². The van der Waals surface area contributed by atoms with Crippen LogP contribution in [0.4, 0.5) is 8.78 Å². The molecule has 202 valence electrons. The van der Waals surface area contributed by atoms with Crippen LogP contribution in [-0.4, -0.2) is 22.6 Å². The molecule has 1 amide bonds. The summed E-state index contributed by atoms with van der Waals surface area (Å²) in [5.74, 6) is -1.84. The zero-order valence-corrected chi connectivity index (χ0v) is 22.7. The van der Waals surface area contributed by atoms with Crippen LogP contribution < -0.4 is 14.8 Å². The molecule has 0 unspecified atom stereocenters. The zero-order valence-electron chi connectivity index (χ0n) is 21.1. The Morgan fingerprint density at radius 1 is 1.00 bits per heavy atom. The van der Waals surface area contributed by atoms with Crippen molar-refractivity contribution >= 4 is 28.8 Å². The minimum atomic E-state index is -2.94. The van der Waals surface area contributed by atoms with E-state index < -0.39 is 5.92 Å². The maximum atomic E-state index is 13.6. The van der Waals surface area contributed by atoms with E-state index in [9.17, 15) is 13.6 Å². The van der Waals surface area contributed by atoms with E-state index in [0.29, 0.717) is 35.9 Å². The summed E-state index contributed by atoms with van der Waals surface area (Å²) in [6.45, 7) is 2.98. The number of rotatable bonds is 10. The molecular weight excluding hydrogens is 544 g/mol. The molecule has 10 heteroatoms. The molecule has 4 aromatic rings. The molecule has 3 aromatic carbocycles. The number of halogens is 3. The molecule has 2 heterocycles. The highest BCUT2D eigenvalue weighted by molar-refractivity contribution is 7.09. The number of thiazole rings is 1. The van der Waals surface area contributed by atoms with Gasteiger partial charge in [0, 0.05) is 42.5 Å². The topological polar surface area (TPSA) is 63.7 Å². The first-order valence-corrected chi connectivity index (χ1v) is 13.5. The van der Waals surface area contributed by atoms with Crippen LogP contribution in [-0.2, 0) is 32.1 Å². The molecule has 1 aliphatic heterocycles. The molecule has 39 heavy (non-hydrogen) atoms. The number of ether oxygens (including phenoxy) is 2. The summed E-state index contributed by atoms with van der Waals surface area (Å²) in [6.07, 6.45) is 0. The number of fused-ring (bicyclic) bond motifs is 1. The lowest BCUT2D eigenvalue weighted by Crippen LogP contribution is -2.24. The van der Waals surface area contributed by atoms with Gasteiger partial charge in [0.25, 0.3) is 11.8 Å². The highest BCUT2D eigenvalue weighted by Crippen LogP contribution is 2.33. The molecule has 0 atom stereocenters. The molecule has 0 aliphatic carbocycles. The Kier molecular flexibility index (Phi) is 8.11. The van der Waals surface area contributed by atoms with Gasteiger partial charge in [0.2, 0.25) is 6.79 Å². The van der Waals surface area contributed by atoms with Gasteiger partial charge in [0.15, 0.2) is 11.5 Å². The van der Waals surface area contributed by atoms with Gasteiger partial charge >= 0.3 is 0 Å². The van der Waals surface area contributed by atoms with Crippen molar-refractivity contribution in [2.24, 2.45) is 0 Å². The fourth-order valence-electron chi connectivity index (χ4n) is 4.22. The second kappa shape index (κ2) is 11.7. The minimum absolute atomic E-state index is 0.0894. The second-order valence-corrected chi connectivity index (χ2v) is 10.7. The molecule has 0 saturated carbocycles. The highest BCUT2D eigenvalue weighted by Gasteiger charge is 2.24. The number of nitrogens with one attached hydrogen (secondary N) is 1. The standard InChI is InChI=1S/C29H26ClF2N3O3S/c1-29(31,32)22-4-2-3-20(11-22)13-33-28(36)24-17-39-27(34-24)16-35(14-19-5-8-23(30)9-6-19)15-21-7-10-25-26(12-21)38-18-37-25/h2-12,17H,13-16,18H2,1H3,(H,33,36). The quantitative estimate of drug-likeness (QED) is 0.228. The summed E-state index contributed by atoms with van der Waals surface area (Å²) in [7, 11) is 0. The summed E-state index contributed by atoms with van der Waals surface area (Å²) in [4.78, 5) is 19.5. The van der Waals surface area contributed by atoms with Crippen molar-refractivity contribution in [3.8, 4) is 11.5 Å². The average molecular weight is 570 g/mol. The number of nitrogens with zero attached hydrogens (tertiary/aromatic N) is 2. The Morgan fingerprint density at radius 2 is 1.74 bits per heavy atom. The third kappa shape index (κ3) is 7.11. The fraction of sp³-hybridized carbons (Fsp3) is 0.241. The molecule has 0 saturated heterocycles. The number of amides is 1. The average Bonchev–Trinajstić information content (AvgIpc) is 3.58. The Balaban J connectivity index is 1.26. The molecule has 6 nitrogen and oxygen atoms in total. The van der Waals surface area contributed by atoms with Gasteiger partial charge in [-0.2, -0.15) is 0 Å². The molecule has 1 N–H and O–H groups in total. The third-order valence-corrected chi connectivity index (χ3v) is 7.28. The van der Waals surface area contributed by atoms with Gasteiger partial charge in [-0.05, 0) is 47.0 Å². The van der Waals surface area contributed by atoms with Crippen LogP contribution in [0.2, 0.25) is 5.02 Å². The summed E-state index contributed by atoms with van der Waals surface area (Å²) in [5, 5.41) is 5.94. The predicted octanol–water partition coefficient (Wildman–Crippen LogP) is 6.77. The Hall–Kier alpha value is -3.53. The smallest absolute Gasteiger partial charge is 0.271 e. The van der Waals surface area contributed by atoms with Gasteiger partial charge in [-0.3, -0.25) is 9.69 Å². The van der Waals surface area contributed by atoms with Crippen molar-refractivity contribution in [1.29, 1.82) is 0 Å². The molecule has 0 spiro atoms. The van der Waals surface area contributed by atoms with Crippen molar-refractivity contribution < 1.29 is 23.0 Å². The third-order valence-electron chi connectivity index (χ3n) is 6.19. The summed E-state index contributed by atoms with van der Waals surface area (Å²) in [6, 6.07) is 19.6. The number of hydrogen-bond donors (Lipinski definition) is 1. The van der Waals surface area contributed by atoms with Crippen LogP contribution in [0.15, 0.2) is 72.1 Å². The van der Waals surface area contributed by atoms with Gasteiger partial charge in [-0.15, -0.1) is 11.3 Å². The first kappa shape index (κ1) is 27.1. The summed E-state index contributed by atoms with van der Waals surface area (Å²) < 4.78 is 38.2. The highest BCUT2D eigenvalue weighted by atomic mass is 35.5. The molecule has 5 rings (SSSR count). The van der Waals surface area contributed by atoms with Crippen molar-refractivity contribution in [1.82, 2.24) is 15.2 Å². The molecule has 1 aliphatic rings. The van der Waals surface area contributed by atoms with E-state index in [2.05, 4.69) is 15.2 Å². The molecule has 1 aromatic heterocycles. The van der Waals surface area contributed by atoms with Gasteiger partial charge in [-0.25, -0.2) is 13.8 Å². The predicted molar refractivity (Wildman–Crippen MR) is 146 cm³/mol. The largest absolute Gasteiger partial charge is 0.454 e. The van der Waals surface area contributed by atoms with Crippen molar-refractivity contribution in [3.63, 3.8) is 0 Å². The van der Waals surface area contributed by atoms with Gasteiger partial charge in [0.05, 0.1) is 6.54 Å². The molecule has 0 bridgehead atoms. The Morgan fingerprint density at radius 3 is 2.54 bits per heavy atom. The Bertz CT molecular complexity index is 1460. The first-order valence-electron chi connectivity index (χ1n) is 12.3. The Labute approximate surface area is 234 Å². The lowest BCUT2D eigenvalue weighted by molar-refractivity contribution is 0.0174. The van der Waals surface area contributed by atoms with E-state index in [4.69, 9.17) is 21.1 Å². The van der Waals surface area contributed by atoms with Crippen LogP contribution in [0.5, 0.6) is 11.5 Å². The lowest BCUT2D eigenvalue weighted by atomic mass is 10.1. The molecule has 0 fully saturated rings. The van der Waals surface area contributed by atoms with E-state index in [0.717, 1.165) is 34.6 Å². The number of carbonyl (C=O) groups excluding carboxylic acids is 1. The lowest BCUT2D eigenvalue weighted by Gasteiger charge is -2.22. The summed E-state index contributed by atoms with van der Waals surface area (Å²) >= 11 is 7.47. The number of benzene rings is 3. The second-order valence-electron chi connectivity index (χ2n) is 9.36.